The summed E-state index contributed by atoms with van der Waals surface area (Å²) in [5.41, 5.74) is 6.82. The Morgan fingerprint density at radius 2 is 1.80 bits per heavy atom. The van der Waals surface area contributed by atoms with Crippen molar-refractivity contribution in [3.05, 3.63) is 71.9 Å². The van der Waals surface area contributed by atoms with Gasteiger partial charge in [-0.3, -0.25) is 0 Å². The average molecular weight is 417 g/mol. The minimum Gasteiger partial charge on any atom is -0.368 e. The number of nitrogens with two attached hydrogens (primary N) is 1. The largest absolute Gasteiger partial charge is 0.437 e. The molecule has 2 aromatic carbocycles. The van der Waals surface area contributed by atoms with Crippen LogP contribution in [-0.2, 0) is 6.18 Å². The molecular formula is C20H15F4N5O. The van der Waals surface area contributed by atoms with Gasteiger partial charge in [0.25, 0.3) is 0 Å². The average Bonchev–Trinajstić information content (AvgIpc) is 3.16. The number of nitrogens with one attached hydrogen (secondary N) is 1. The number of fused-ring (bicyclic) bond motifs is 1. The number of alkyl halides is 3. The number of hydrogen-bond acceptors (Lipinski definition) is 6. The molecule has 0 bridgehead atoms. The zero-order valence-electron chi connectivity index (χ0n) is 15.3. The second-order valence-electron chi connectivity index (χ2n) is 6.57. The van der Waals surface area contributed by atoms with E-state index >= 15 is 0 Å². The van der Waals surface area contributed by atoms with Crippen LogP contribution in [0.25, 0.3) is 22.2 Å². The van der Waals surface area contributed by atoms with Crippen molar-refractivity contribution in [3.8, 4) is 11.3 Å². The molecule has 3 N–H and O–H groups in total. The number of nitrogens with zero attached hydrogens (tertiary/aromatic N) is 3. The Hall–Kier alpha value is -3.53. The number of aromatic nitrogens is 3. The van der Waals surface area contributed by atoms with Gasteiger partial charge in [0.1, 0.15) is 18.0 Å². The summed E-state index contributed by atoms with van der Waals surface area (Å²) in [4.78, 5) is 8.28. The van der Waals surface area contributed by atoms with Crippen LogP contribution in [0.3, 0.4) is 0 Å². The lowest BCUT2D eigenvalue weighted by Crippen LogP contribution is -2.21. The third-order valence-electron chi connectivity index (χ3n) is 4.50. The van der Waals surface area contributed by atoms with E-state index in [1.165, 1.54) is 36.7 Å². The lowest BCUT2D eigenvalue weighted by molar-refractivity contribution is -0.141. The van der Waals surface area contributed by atoms with E-state index in [4.69, 9.17) is 10.3 Å². The summed E-state index contributed by atoms with van der Waals surface area (Å²) in [5, 5.41) is 6.07. The van der Waals surface area contributed by atoms with Crippen molar-refractivity contribution >= 4 is 16.8 Å². The maximum absolute atomic E-state index is 13.0. The third kappa shape index (κ3) is 4.08. The molecule has 0 aliphatic rings. The van der Waals surface area contributed by atoms with Gasteiger partial charge in [-0.2, -0.15) is 13.2 Å². The van der Waals surface area contributed by atoms with Gasteiger partial charge in [-0.15, -0.1) is 0 Å². The Bertz CT molecular complexity index is 1170. The van der Waals surface area contributed by atoms with E-state index in [0.717, 1.165) is 5.56 Å². The highest BCUT2D eigenvalue weighted by Gasteiger charge is 2.37. The molecule has 1 unspecified atom stereocenters. The zero-order chi connectivity index (χ0) is 21.3. The molecule has 1 atom stereocenters. The predicted octanol–water partition coefficient (Wildman–Crippen LogP) is 4.55. The van der Waals surface area contributed by atoms with Gasteiger partial charge in [0.15, 0.2) is 11.3 Å². The molecule has 4 aromatic rings. The summed E-state index contributed by atoms with van der Waals surface area (Å²) in [6.45, 7) is 0.332. The van der Waals surface area contributed by atoms with Crippen LogP contribution in [0.4, 0.5) is 23.4 Å². The highest BCUT2D eigenvalue weighted by Crippen LogP contribution is 2.35. The van der Waals surface area contributed by atoms with Crippen molar-refractivity contribution < 1.29 is 22.1 Å². The van der Waals surface area contributed by atoms with E-state index in [1.54, 1.807) is 18.2 Å². The summed E-state index contributed by atoms with van der Waals surface area (Å²) >= 11 is 0. The van der Waals surface area contributed by atoms with Crippen LogP contribution in [0.1, 0.15) is 17.3 Å². The van der Waals surface area contributed by atoms with Crippen LogP contribution in [0.5, 0.6) is 0 Å². The van der Waals surface area contributed by atoms with E-state index in [0.29, 0.717) is 23.6 Å². The first-order chi connectivity index (χ1) is 14.3. The van der Waals surface area contributed by atoms with Gasteiger partial charge in [0, 0.05) is 24.2 Å². The van der Waals surface area contributed by atoms with E-state index in [1.807, 2.05) is 0 Å². The fraction of sp³-hybridized carbons (Fsp3) is 0.150. The normalized spacial score (nSPS) is 12.8. The predicted molar refractivity (Wildman–Crippen MR) is 102 cm³/mol. The summed E-state index contributed by atoms with van der Waals surface area (Å²) < 4.78 is 56.7. The quantitative estimate of drug-likeness (QED) is 0.463. The van der Waals surface area contributed by atoms with Gasteiger partial charge in [0.05, 0.1) is 11.1 Å². The molecule has 0 amide bonds. The zero-order valence-corrected chi connectivity index (χ0v) is 15.3. The van der Waals surface area contributed by atoms with Crippen LogP contribution >= 0.6 is 0 Å². The van der Waals surface area contributed by atoms with Gasteiger partial charge < -0.3 is 15.6 Å². The monoisotopic (exact) mass is 417 g/mol. The lowest BCUT2D eigenvalue weighted by Gasteiger charge is -2.14. The molecule has 0 saturated heterocycles. The molecule has 2 aromatic heterocycles. The number of rotatable bonds is 5. The second kappa shape index (κ2) is 7.71. The molecule has 154 valence electrons. The highest BCUT2D eigenvalue weighted by atomic mass is 19.4. The number of anilines is 1. The van der Waals surface area contributed by atoms with Crippen molar-refractivity contribution in [2.75, 3.05) is 11.9 Å². The van der Waals surface area contributed by atoms with Gasteiger partial charge in [-0.05, 0) is 29.8 Å². The van der Waals surface area contributed by atoms with Crippen LogP contribution in [0.15, 0.2) is 59.4 Å². The maximum atomic E-state index is 13.0. The lowest BCUT2D eigenvalue weighted by atomic mass is 10.1. The topological polar surface area (TPSA) is 89.9 Å². The summed E-state index contributed by atoms with van der Waals surface area (Å²) in [5.74, 6) is 0.136. The Morgan fingerprint density at radius 3 is 2.53 bits per heavy atom. The highest BCUT2D eigenvalue weighted by molar-refractivity contribution is 5.84. The van der Waals surface area contributed by atoms with Crippen molar-refractivity contribution in [1.29, 1.82) is 0 Å². The Kier molecular flexibility index (Phi) is 5.08. The van der Waals surface area contributed by atoms with Crippen LogP contribution in [0, 0.1) is 5.82 Å². The summed E-state index contributed by atoms with van der Waals surface area (Å²) in [6.07, 6.45) is -3.27. The first-order valence-corrected chi connectivity index (χ1v) is 8.85. The van der Waals surface area contributed by atoms with Gasteiger partial charge >= 0.3 is 6.18 Å². The molecule has 0 aliphatic heterocycles. The molecule has 0 spiro atoms. The van der Waals surface area contributed by atoms with Gasteiger partial charge in [0.2, 0.25) is 0 Å². The van der Waals surface area contributed by atoms with Crippen LogP contribution in [0.2, 0.25) is 0 Å². The van der Waals surface area contributed by atoms with Crippen molar-refractivity contribution in [1.82, 2.24) is 15.1 Å². The molecule has 0 fully saturated rings. The molecule has 0 saturated carbocycles. The molecule has 4 rings (SSSR count). The SMILES string of the molecule is NC(CNc1cc(-c2ccc3c(C(F)(F)F)noc3c2)ncn1)c1ccc(F)cc1. The van der Waals surface area contributed by atoms with E-state index < -0.39 is 17.9 Å². The van der Waals surface area contributed by atoms with Gasteiger partial charge in [-0.25, -0.2) is 14.4 Å². The van der Waals surface area contributed by atoms with E-state index in [-0.39, 0.29) is 16.8 Å². The van der Waals surface area contributed by atoms with Crippen molar-refractivity contribution in [3.63, 3.8) is 0 Å². The third-order valence-corrected chi connectivity index (χ3v) is 4.50. The fourth-order valence-electron chi connectivity index (χ4n) is 2.96. The molecule has 6 nitrogen and oxygen atoms in total. The van der Waals surface area contributed by atoms with E-state index in [9.17, 15) is 17.6 Å². The van der Waals surface area contributed by atoms with E-state index in [2.05, 4.69) is 20.4 Å². The Labute approximate surface area is 167 Å². The second-order valence-corrected chi connectivity index (χ2v) is 6.57. The Morgan fingerprint density at radius 1 is 1.03 bits per heavy atom. The molecule has 30 heavy (non-hydrogen) atoms. The first kappa shape index (κ1) is 19.8. The van der Waals surface area contributed by atoms with Crippen LogP contribution in [-0.4, -0.2) is 21.7 Å². The molecule has 0 radical (unpaired) electrons. The fourth-order valence-corrected chi connectivity index (χ4v) is 2.96. The number of hydrogen-bond donors (Lipinski definition) is 2. The summed E-state index contributed by atoms with van der Waals surface area (Å²) in [6, 6.07) is 11.4. The number of benzene rings is 2. The van der Waals surface area contributed by atoms with Crippen LogP contribution < -0.4 is 11.1 Å². The maximum Gasteiger partial charge on any atom is 0.437 e. The molecule has 0 aliphatic carbocycles. The smallest absolute Gasteiger partial charge is 0.368 e. The minimum absolute atomic E-state index is 0.00581. The van der Waals surface area contributed by atoms with Gasteiger partial charge in [-0.1, -0.05) is 23.4 Å². The Balaban J connectivity index is 1.52. The van der Waals surface area contributed by atoms with Crippen molar-refractivity contribution in [2.24, 2.45) is 5.73 Å². The molecule has 10 heteroatoms. The van der Waals surface area contributed by atoms with Crippen molar-refractivity contribution in [2.45, 2.75) is 12.2 Å². The standard InChI is InChI=1S/C20H15F4N5O/c21-13-4-1-11(2-5-13)15(25)9-26-18-8-16(27-10-28-18)12-3-6-14-17(7-12)30-29-19(14)20(22,23)24/h1-8,10,15H,9,25H2,(H,26,27,28). The first-order valence-electron chi connectivity index (χ1n) is 8.85. The minimum atomic E-state index is -4.60. The molecule has 2 heterocycles. The molecular weight excluding hydrogens is 402 g/mol. The number of halogens is 4. The summed E-state index contributed by atoms with van der Waals surface area (Å²) in [7, 11) is 0.